The van der Waals surface area contributed by atoms with Crippen molar-refractivity contribution < 1.29 is 9.21 Å². The molecule has 4 rings (SSSR count). The summed E-state index contributed by atoms with van der Waals surface area (Å²) >= 11 is 7.71. The molecule has 7 heteroatoms. The number of carbonyl (C=O) groups excluding carboxylic acids is 1. The number of furan rings is 1. The largest absolute Gasteiger partial charge is 0.451 e. The van der Waals surface area contributed by atoms with Crippen LogP contribution in [0.3, 0.4) is 0 Å². The number of anilines is 1. The predicted octanol–water partition coefficient (Wildman–Crippen LogP) is 4.78. The third-order valence-electron chi connectivity index (χ3n) is 4.45. The average molecular weight is 388 g/mol. The van der Waals surface area contributed by atoms with Crippen LogP contribution in [0.1, 0.15) is 34.2 Å². The van der Waals surface area contributed by atoms with Crippen LogP contribution in [0, 0.1) is 0 Å². The minimum atomic E-state index is -0.311. The quantitative estimate of drug-likeness (QED) is 0.676. The molecule has 2 aromatic heterocycles. The molecule has 0 spiro atoms. The van der Waals surface area contributed by atoms with E-state index in [1.807, 2.05) is 24.4 Å². The van der Waals surface area contributed by atoms with Gasteiger partial charge in [-0.15, -0.1) is 11.3 Å². The molecular formula is C19H18ClN3O2S. The molecule has 1 fully saturated rings. The maximum absolute atomic E-state index is 12.4. The Morgan fingerprint density at radius 2 is 2.04 bits per heavy atom. The Morgan fingerprint density at radius 1 is 1.23 bits per heavy atom. The Bertz CT molecular complexity index is 915. The zero-order chi connectivity index (χ0) is 17.9. The fraction of sp³-hybridized carbons (Fsp3) is 0.263. The summed E-state index contributed by atoms with van der Waals surface area (Å²) in [6.45, 7) is 2.06. The van der Waals surface area contributed by atoms with Gasteiger partial charge >= 0.3 is 0 Å². The minimum absolute atomic E-state index is 0.235. The summed E-state index contributed by atoms with van der Waals surface area (Å²) in [5.74, 6) is 1.01. The number of piperidine rings is 1. The van der Waals surface area contributed by atoms with Gasteiger partial charge in [0, 0.05) is 16.6 Å². The summed E-state index contributed by atoms with van der Waals surface area (Å²) in [4.78, 5) is 18.0. The number of carbonyl (C=O) groups is 1. The van der Waals surface area contributed by atoms with Crippen LogP contribution >= 0.6 is 22.9 Å². The van der Waals surface area contributed by atoms with Gasteiger partial charge in [0.25, 0.3) is 5.91 Å². The number of hydrogen-bond donors (Lipinski definition) is 2. The van der Waals surface area contributed by atoms with Crippen molar-refractivity contribution in [2.24, 2.45) is 0 Å². The lowest BCUT2D eigenvalue weighted by Crippen LogP contribution is -2.26. The van der Waals surface area contributed by atoms with Gasteiger partial charge in [-0.1, -0.05) is 23.7 Å². The lowest BCUT2D eigenvalue weighted by atomic mass is 9.97. The fourth-order valence-corrected chi connectivity index (χ4v) is 4.27. The highest BCUT2D eigenvalue weighted by Crippen LogP contribution is 2.32. The zero-order valence-electron chi connectivity index (χ0n) is 14.0. The second kappa shape index (κ2) is 7.61. The number of halogens is 1. The minimum Gasteiger partial charge on any atom is -0.451 e. The van der Waals surface area contributed by atoms with E-state index in [2.05, 4.69) is 15.6 Å². The standard InChI is InChI=1S/C19H18ClN3O2S/c20-14-4-2-1-3-13(14)15-5-6-16(25-15)18(24)23-19-22-11-17(26-19)12-7-9-21-10-8-12/h1-6,11-12,21H,7-10H2,(H,22,23,24). The molecule has 0 radical (unpaired) electrons. The summed E-state index contributed by atoms with van der Waals surface area (Å²) in [6, 6.07) is 10.8. The molecule has 3 aromatic rings. The van der Waals surface area contributed by atoms with Gasteiger partial charge < -0.3 is 9.73 Å². The number of amides is 1. The van der Waals surface area contributed by atoms with Crippen LogP contribution in [-0.2, 0) is 0 Å². The molecule has 0 aliphatic carbocycles. The highest BCUT2D eigenvalue weighted by Gasteiger charge is 2.19. The van der Waals surface area contributed by atoms with E-state index in [4.69, 9.17) is 16.0 Å². The third kappa shape index (κ3) is 3.67. The van der Waals surface area contributed by atoms with E-state index in [9.17, 15) is 4.79 Å². The highest BCUT2D eigenvalue weighted by atomic mass is 35.5. The van der Waals surface area contributed by atoms with Gasteiger partial charge in [-0.25, -0.2) is 4.98 Å². The van der Waals surface area contributed by atoms with E-state index in [1.165, 1.54) is 16.2 Å². The van der Waals surface area contributed by atoms with Crippen LogP contribution < -0.4 is 10.6 Å². The first kappa shape index (κ1) is 17.3. The summed E-state index contributed by atoms with van der Waals surface area (Å²) in [5, 5.41) is 7.36. The van der Waals surface area contributed by atoms with Gasteiger partial charge in [0.15, 0.2) is 10.9 Å². The van der Waals surface area contributed by atoms with E-state index in [1.54, 1.807) is 18.2 Å². The number of aromatic nitrogens is 1. The van der Waals surface area contributed by atoms with Gasteiger partial charge in [-0.3, -0.25) is 10.1 Å². The van der Waals surface area contributed by atoms with Crippen LogP contribution in [0.2, 0.25) is 5.02 Å². The van der Waals surface area contributed by atoms with Crippen LogP contribution in [0.15, 0.2) is 47.0 Å². The van der Waals surface area contributed by atoms with Gasteiger partial charge in [0.05, 0.1) is 5.02 Å². The van der Waals surface area contributed by atoms with E-state index in [0.29, 0.717) is 21.8 Å². The first-order valence-electron chi connectivity index (χ1n) is 8.53. The number of rotatable bonds is 4. The molecule has 26 heavy (non-hydrogen) atoms. The summed E-state index contributed by atoms with van der Waals surface area (Å²) < 4.78 is 5.68. The van der Waals surface area contributed by atoms with Crippen LogP contribution in [0.25, 0.3) is 11.3 Å². The summed E-state index contributed by atoms with van der Waals surface area (Å²) in [5.41, 5.74) is 0.760. The van der Waals surface area contributed by atoms with E-state index in [0.717, 1.165) is 31.5 Å². The van der Waals surface area contributed by atoms with Crippen molar-refractivity contribution in [3.8, 4) is 11.3 Å². The van der Waals surface area contributed by atoms with Gasteiger partial charge in [-0.05, 0) is 56.1 Å². The Hall–Kier alpha value is -2.15. The third-order valence-corrected chi connectivity index (χ3v) is 5.86. The van der Waals surface area contributed by atoms with Crippen LogP contribution in [-0.4, -0.2) is 24.0 Å². The normalized spacial score (nSPS) is 15.1. The molecule has 5 nitrogen and oxygen atoms in total. The van der Waals surface area contributed by atoms with Crippen molar-refractivity contribution in [1.29, 1.82) is 0 Å². The number of hydrogen-bond acceptors (Lipinski definition) is 5. The molecule has 1 aliphatic rings. The number of nitrogens with zero attached hydrogens (tertiary/aromatic N) is 1. The van der Waals surface area contributed by atoms with E-state index >= 15 is 0 Å². The van der Waals surface area contributed by atoms with Crippen molar-refractivity contribution in [2.75, 3.05) is 18.4 Å². The molecule has 134 valence electrons. The smallest absolute Gasteiger partial charge is 0.293 e. The highest BCUT2D eigenvalue weighted by molar-refractivity contribution is 7.15. The Balaban J connectivity index is 1.46. The fourth-order valence-electron chi connectivity index (χ4n) is 3.06. The number of thiazole rings is 1. The molecule has 1 saturated heterocycles. The molecule has 2 N–H and O–H groups in total. The maximum atomic E-state index is 12.4. The van der Waals surface area contributed by atoms with Crippen molar-refractivity contribution in [2.45, 2.75) is 18.8 Å². The van der Waals surface area contributed by atoms with E-state index in [-0.39, 0.29) is 11.7 Å². The van der Waals surface area contributed by atoms with Gasteiger partial charge in [-0.2, -0.15) is 0 Å². The first-order valence-corrected chi connectivity index (χ1v) is 9.72. The first-order chi connectivity index (χ1) is 12.7. The lowest BCUT2D eigenvalue weighted by molar-refractivity contribution is 0.0997. The van der Waals surface area contributed by atoms with E-state index < -0.39 is 0 Å². The van der Waals surface area contributed by atoms with Gasteiger partial charge in [0.2, 0.25) is 0 Å². The molecule has 0 saturated carbocycles. The average Bonchev–Trinajstić information content (AvgIpc) is 3.33. The molecule has 3 heterocycles. The van der Waals surface area contributed by atoms with Crippen molar-refractivity contribution in [3.05, 3.63) is 58.3 Å². The van der Waals surface area contributed by atoms with Crippen LogP contribution in [0.4, 0.5) is 5.13 Å². The Morgan fingerprint density at radius 3 is 2.85 bits per heavy atom. The summed E-state index contributed by atoms with van der Waals surface area (Å²) in [7, 11) is 0. The SMILES string of the molecule is O=C(Nc1ncc(C2CCNCC2)s1)c1ccc(-c2ccccc2Cl)o1. The molecule has 1 amide bonds. The topological polar surface area (TPSA) is 67.2 Å². The molecule has 1 aromatic carbocycles. The Kier molecular flexibility index (Phi) is 5.06. The number of benzene rings is 1. The van der Waals surface area contributed by atoms with Gasteiger partial charge in [0.1, 0.15) is 5.76 Å². The Labute approximate surface area is 160 Å². The molecule has 1 aliphatic heterocycles. The predicted molar refractivity (Wildman–Crippen MR) is 104 cm³/mol. The molecule has 0 unspecified atom stereocenters. The zero-order valence-corrected chi connectivity index (χ0v) is 15.6. The lowest BCUT2D eigenvalue weighted by Gasteiger charge is -2.20. The molecular weight excluding hydrogens is 370 g/mol. The second-order valence-electron chi connectivity index (χ2n) is 6.19. The van der Waals surface area contributed by atoms with Crippen molar-refractivity contribution >= 4 is 34.0 Å². The molecule has 0 atom stereocenters. The number of nitrogens with one attached hydrogen (secondary N) is 2. The van der Waals surface area contributed by atoms with Crippen LogP contribution in [0.5, 0.6) is 0 Å². The monoisotopic (exact) mass is 387 g/mol. The summed E-state index contributed by atoms with van der Waals surface area (Å²) in [6.07, 6.45) is 4.08. The van der Waals surface area contributed by atoms with Crippen molar-refractivity contribution in [1.82, 2.24) is 10.3 Å². The van der Waals surface area contributed by atoms with Crippen molar-refractivity contribution in [3.63, 3.8) is 0 Å². The molecule has 0 bridgehead atoms. The second-order valence-corrected chi connectivity index (χ2v) is 7.66. The maximum Gasteiger partial charge on any atom is 0.293 e.